The molecular formula is C20H27IN6O. The van der Waals surface area contributed by atoms with Crippen molar-refractivity contribution >= 4 is 35.9 Å². The standard InChI is InChI=1S/C20H26N6O.HI/c21-19(25-17-8-12-27-18-7-2-1-6-16(17)18)24-13-15-5-3-11-26(14-15)20-22-9-4-10-23-20;/h1-2,4,6-7,9-10,15,17H,3,5,8,11-14H2,(H3,21,24,25);1H. The SMILES string of the molecule is I.NC(=NCC1CCCN(c2ncccn2)C1)NC1CCOc2ccccc21. The average molecular weight is 494 g/mol. The molecular weight excluding hydrogens is 467 g/mol. The fraction of sp³-hybridized carbons (Fsp3) is 0.450. The molecule has 2 atom stereocenters. The van der Waals surface area contributed by atoms with Gasteiger partial charge in [-0.05, 0) is 30.9 Å². The summed E-state index contributed by atoms with van der Waals surface area (Å²) in [6.07, 6.45) is 6.74. The summed E-state index contributed by atoms with van der Waals surface area (Å²) in [6, 6.07) is 10.1. The van der Waals surface area contributed by atoms with Crippen molar-refractivity contribution in [1.29, 1.82) is 0 Å². The van der Waals surface area contributed by atoms with Gasteiger partial charge in [-0.15, -0.1) is 24.0 Å². The third kappa shape index (κ3) is 5.03. The largest absolute Gasteiger partial charge is 0.493 e. The molecule has 0 radical (unpaired) electrons. The molecule has 2 aliphatic heterocycles. The molecule has 1 saturated heterocycles. The normalized spacial score (nSPS) is 21.9. The first-order valence-electron chi connectivity index (χ1n) is 9.60. The number of aliphatic imine (C=N–C) groups is 1. The van der Waals surface area contributed by atoms with Crippen LogP contribution in [0.3, 0.4) is 0 Å². The van der Waals surface area contributed by atoms with Gasteiger partial charge in [-0.25, -0.2) is 9.97 Å². The van der Waals surface area contributed by atoms with Gasteiger partial charge in [0.1, 0.15) is 5.75 Å². The van der Waals surface area contributed by atoms with E-state index in [-0.39, 0.29) is 30.0 Å². The molecule has 1 fully saturated rings. The maximum absolute atomic E-state index is 6.18. The van der Waals surface area contributed by atoms with Gasteiger partial charge < -0.3 is 20.7 Å². The molecule has 4 rings (SSSR count). The summed E-state index contributed by atoms with van der Waals surface area (Å²) in [4.78, 5) is 15.6. The number of nitrogens with zero attached hydrogens (tertiary/aromatic N) is 4. The van der Waals surface area contributed by atoms with Crippen molar-refractivity contribution in [3.05, 3.63) is 48.3 Å². The van der Waals surface area contributed by atoms with Crippen LogP contribution in [0, 0.1) is 5.92 Å². The number of hydrogen-bond acceptors (Lipinski definition) is 5. The molecule has 8 heteroatoms. The molecule has 0 spiro atoms. The average Bonchev–Trinajstić information content (AvgIpc) is 2.73. The molecule has 28 heavy (non-hydrogen) atoms. The van der Waals surface area contributed by atoms with Gasteiger partial charge in [-0.1, -0.05) is 18.2 Å². The lowest BCUT2D eigenvalue weighted by molar-refractivity contribution is 0.262. The van der Waals surface area contributed by atoms with E-state index in [9.17, 15) is 0 Å². The molecule has 1 aromatic heterocycles. The number of halogens is 1. The topological polar surface area (TPSA) is 88.7 Å². The minimum absolute atomic E-state index is 0. The summed E-state index contributed by atoms with van der Waals surface area (Å²) in [6.45, 7) is 3.32. The summed E-state index contributed by atoms with van der Waals surface area (Å²) < 4.78 is 5.71. The van der Waals surface area contributed by atoms with Crippen LogP contribution in [0.5, 0.6) is 5.75 Å². The van der Waals surface area contributed by atoms with Crippen LogP contribution < -0.4 is 20.7 Å². The van der Waals surface area contributed by atoms with Crippen molar-refractivity contribution in [1.82, 2.24) is 15.3 Å². The summed E-state index contributed by atoms with van der Waals surface area (Å²) in [5, 5.41) is 3.37. The van der Waals surface area contributed by atoms with Crippen molar-refractivity contribution in [2.24, 2.45) is 16.6 Å². The van der Waals surface area contributed by atoms with Gasteiger partial charge in [0.25, 0.3) is 0 Å². The number of anilines is 1. The van der Waals surface area contributed by atoms with Gasteiger partial charge >= 0.3 is 0 Å². The molecule has 2 aromatic rings. The summed E-state index contributed by atoms with van der Waals surface area (Å²) in [7, 11) is 0. The Labute approximate surface area is 182 Å². The van der Waals surface area contributed by atoms with Crippen molar-refractivity contribution in [3.63, 3.8) is 0 Å². The number of nitrogens with one attached hydrogen (secondary N) is 1. The van der Waals surface area contributed by atoms with Crippen LogP contribution in [0.4, 0.5) is 5.95 Å². The number of aromatic nitrogens is 2. The van der Waals surface area contributed by atoms with E-state index in [4.69, 9.17) is 10.5 Å². The molecule has 1 aromatic carbocycles. The van der Waals surface area contributed by atoms with E-state index in [2.05, 4.69) is 31.2 Å². The first-order valence-corrected chi connectivity index (χ1v) is 9.60. The van der Waals surface area contributed by atoms with Crippen LogP contribution in [0.15, 0.2) is 47.7 Å². The van der Waals surface area contributed by atoms with E-state index in [1.54, 1.807) is 12.4 Å². The van der Waals surface area contributed by atoms with Crippen LogP contribution in [0.2, 0.25) is 0 Å². The van der Waals surface area contributed by atoms with Crippen LogP contribution in [0.25, 0.3) is 0 Å². The lowest BCUT2D eigenvalue weighted by Gasteiger charge is -2.32. The van der Waals surface area contributed by atoms with Crippen LogP contribution >= 0.6 is 24.0 Å². The summed E-state index contributed by atoms with van der Waals surface area (Å²) >= 11 is 0. The number of benzene rings is 1. The van der Waals surface area contributed by atoms with Crippen molar-refractivity contribution in [2.45, 2.75) is 25.3 Å². The zero-order valence-electron chi connectivity index (χ0n) is 15.8. The quantitative estimate of drug-likeness (QED) is 0.386. The predicted octanol–water partition coefficient (Wildman–Crippen LogP) is 2.74. The second-order valence-corrected chi connectivity index (χ2v) is 7.10. The maximum Gasteiger partial charge on any atom is 0.225 e. The van der Waals surface area contributed by atoms with Crippen molar-refractivity contribution < 1.29 is 4.74 Å². The zero-order chi connectivity index (χ0) is 18.5. The number of nitrogens with two attached hydrogens (primary N) is 1. The Hall–Kier alpha value is -2.10. The third-order valence-electron chi connectivity index (χ3n) is 5.15. The van der Waals surface area contributed by atoms with Gasteiger partial charge in [0, 0.05) is 44.0 Å². The monoisotopic (exact) mass is 494 g/mol. The van der Waals surface area contributed by atoms with E-state index in [0.717, 1.165) is 49.6 Å². The van der Waals surface area contributed by atoms with Gasteiger partial charge in [-0.2, -0.15) is 0 Å². The first-order chi connectivity index (χ1) is 13.3. The van der Waals surface area contributed by atoms with E-state index in [1.807, 2.05) is 24.3 Å². The molecule has 2 aliphatic rings. The molecule has 0 saturated carbocycles. The number of fused-ring (bicyclic) bond motifs is 1. The zero-order valence-corrected chi connectivity index (χ0v) is 18.2. The Bertz CT molecular complexity index is 787. The highest BCUT2D eigenvalue weighted by Gasteiger charge is 2.23. The molecule has 0 bridgehead atoms. The Morgan fingerprint density at radius 1 is 1.21 bits per heavy atom. The fourth-order valence-corrected chi connectivity index (χ4v) is 3.79. The lowest BCUT2D eigenvalue weighted by Crippen LogP contribution is -2.40. The van der Waals surface area contributed by atoms with Crippen molar-refractivity contribution in [2.75, 3.05) is 31.1 Å². The molecule has 2 unspecified atom stereocenters. The van der Waals surface area contributed by atoms with E-state index >= 15 is 0 Å². The lowest BCUT2D eigenvalue weighted by atomic mass is 9.98. The van der Waals surface area contributed by atoms with Gasteiger partial charge in [-0.3, -0.25) is 4.99 Å². The Kier molecular flexibility index (Phi) is 7.30. The molecule has 150 valence electrons. The maximum atomic E-state index is 6.18. The minimum atomic E-state index is 0. The Morgan fingerprint density at radius 2 is 2.04 bits per heavy atom. The molecule has 0 amide bonds. The van der Waals surface area contributed by atoms with Crippen LogP contribution in [0.1, 0.15) is 30.9 Å². The number of guanidine groups is 1. The van der Waals surface area contributed by atoms with Crippen LogP contribution in [-0.2, 0) is 0 Å². The van der Waals surface area contributed by atoms with Gasteiger partial charge in [0.2, 0.25) is 5.95 Å². The first kappa shape index (κ1) is 20.6. The third-order valence-corrected chi connectivity index (χ3v) is 5.15. The minimum Gasteiger partial charge on any atom is -0.493 e. The predicted molar refractivity (Wildman–Crippen MR) is 121 cm³/mol. The number of piperidine rings is 1. The number of rotatable bonds is 4. The molecule has 3 heterocycles. The second-order valence-electron chi connectivity index (χ2n) is 7.10. The molecule has 7 nitrogen and oxygen atoms in total. The summed E-state index contributed by atoms with van der Waals surface area (Å²) in [5.74, 6) is 2.70. The number of para-hydroxylation sites is 1. The van der Waals surface area contributed by atoms with E-state index in [1.165, 1.54) is 0 Å². The molecule has 3 N–H and O–H groups in total. The van der Waals surface area contributed by atoms with Gasteiger partial charge in [0.05, 0.1) is 12.6 Å². The number of ether oxygens (including phenoxy) is 1. The fourth-order valence-electron chi connectivity index (χ4n) is 3.79. The highest BCUT2D eigenvalue weighted by Crippen LogP contribution is 2.31. The Morgan fingerprint density at radius 3 is 2.89 bits per heavy atom. The van der Waals surface area contributed by atoms with Gasteiger partial charge in [0.15, 0.2) is 5.96 Å². The second kappa shape index (κ2) is 9.90. The van der Waals surface area contributed by atoms with E-state index in [0.29, 0.717) is 25.0 Å². The number of hydrogen-bond donors (Lipinski definition) is 2. The van der Waals surface area contributed by atoms with E-state index < -0.39 is 0 Å². The summed E-state index contributed by atoms with van der Waals surface area (Å²) in [5.41, 5.74) is 7.33. The molecule has 0 aliphatic carbocycles. The van der Waals surface area contributed by atoms with Crippen molar-refractivity contribution in [3.8, 4) is 5.75 Å². The highest BCUT2D eigenvalue weighted by atomic mass is 127. The highest BCUT2D eigenvalue weighted by molar-refractivity contribution is 14.0. The Balaban J connectivity index is 0.00000225. The smallest absolute Gasteiger partial charge is 0.225 e. The van der Waals surface area contributed by atoms with Crippen LogP contribution in [-0.4, -0.2) is 42.2 Å².